The van der Waals surface area contributed by atoms with E-state index in [9.17, 15) is 15.0 Å². The lowest BCUT2D eigenvalue weighted by atomic mass is 10.1. The van der Waals surface area contributed by atoms with Crippen LogP contribution in [0.15, 0.2) is 55.0 Å². The van der Waals surface area contributed by atoms with Crippen LogP contribution in [-0.2, 0) is 17.8 Å². The van der Waals surface area contributed by atoms with Crippen LogP contribution in [0.4, 0.5) is 11.6 Å². The number of hydrogen-bond acceptors (Lipinski definition) is 8. The van der Waals surface area contributed by atoms with Crippen LogP contribution < -0.4 is 9.80 Å². The zero-order valence-electron chi connectivity index (χ0n) is 20.3. The van der Waals surface area contributed by atoms with Gasteiger partial charge in [-0.2, -0.15) is 15.1 Å². The third-order valence-electron chi connectivity index (χ3n) is 6.80. The molecule has 0 atom stereocenters. The molecule has 4 heterocycles. The zero-order valence-corrected chi connectivity index (χ0v) is 20.3. The summed E-state index contributed by atoms with van der Waals surface area (Å²) in [5.41, 5.74) is 4.10. The van der Waals surface area contributed by atoms with Crippen LogP contribution >= 0.6 is 0 Å². The smallest absolute Gasteiger partial charge is 0.323 e. The van der Waals surface area contributed by atoms with Crippen LogP contribution in [0.5, 0.6) is 5.75 Å². The van der Waals surface area contributed by atoms with Crippen molar-refractivity contribution in [1.82, 2.24) is 29.3 Å². The molecule has 2 N–H and O–H groups in total. The summed E-state index contributed by atoms with van der Waals surface area (Å²) in [6, 6.07) is 13.3. The number of phenolic OH excluding ortho intramolecular Hbond substituents is 1. The van der Waals surface area contributed by atoms with Crippen molar-refractivity contribution in [3.63, 3.8) is 0 Å². The normalized spacial score (nSPS) is 14.1. The molecule has 37 heavy (non-hydrogen) atoms. The topological polar surface area (TPSA) is 125 Å². The van der Waals surface area contributed by atoms with Crippen molar-refractivity contribution >= 4 is 39.7 Å². The van der Waals surface area contributed by atoms with E-state index in [0.29, 0.717) is 36.0 Å². The number of fused-ring (bicyclic) bond motifs is 2. The molecule has 0 saturated carbocycles. The molecule has 0 unspecified atom stereocenters. The van der Waals surface area contributed by atoms with Crippen LogP contribution in [0.25, 0.3) is 27.9 Å². The van der Waals surface area contributed by atoms with Crippen LogP contribution in [0.3, 0.4) is 0 Å². The minimum atomic E-state index is -0.972. The fourth-order valence-corrected chi connectivity index (χ4v) is 4.88. The van der Waals surface area contributed by atoms with E-state index in [2.05, 4.69) is 32.9 Å². The van der Waals surface area contributed by atoms with Gasteiger partial charge in [-0.15, -0.1) is 0 Å². The van der Waals surface area contributed by atoms with Gasteiger partial charge < -0.3 is 24.6 Å². The lowest BCUT2D eigenvalue weighted by Gasteiger charge is -2.36. The Morgan fingerprint density at radius 1 is 1.00 bits per heavy atom. The summed E-state index contributed by atoms with van der Waals surface area (Å²) in [7, 11) is 0. The van der Waals surface area contributed by atoms with Gasteiger partial charge in [-0.25, -0.2) is 9.67 Å². The summed E-state index contributed by atoms with van der Waals surface area (Å²) in [4.78, 5) is 30.0. The number of carboxylic acid groups (broad SMARTS) is 1. The van der Waals surface area contributed by atoms with Gasteiger partial charge in [-0.05, 0) is 42.3 Å². The number of piperazine rings is 1. The lowest BCUT2D eigenvalue weighted by molar-refractivity contribution is -0.137. The molecular weight excluding hydrogens is 472 g/mol. The van der Waals surface area contributed by atoms with E-state index >= 15 is 0 Å². The summed E-state index contributed by atoms with van der Waals surface area (Å²) in [5.74, 6) is 0.302. The minimum Gasteiger partial charge on any atom is -0.508 e. The van der Waals surface area contributed by atoms with Crippen molar-refractivity contribution in [2.75, 3.05) is 36.0 Å². The number of nitrogens with zero attached hydrogens (tertiary/aromatic N) is 8. The maximum Gasteiger partial charge on any atom is 0.323 e. The minimum absolute atomic E-state index is 0.242. The maximum atomic E-state index is 11.5. The van der Waals surface area contributed by atoms with Crippen molar-refractivity contribution in [3.8, 4) is 11.6 Å². The summed E-state index contributed by atoms with van der Waals surface area (Å²) in [5, 5.41) is 24.7. The summed E-state index contributed by atoms with van der Waals surface area (Å²) in [6.07, 6.45) is 4.21. The van der Waals surface area contributed by atoms with E-state index in [1.165, 1.54) is 16.5 Å². The van der Waals surface area contributed by atoms with Gasteiger partial charge in [0.1, 0.15) is 12.3 Å². The number of carbonyl (C=O) groups is 1. The maximum absolute atomic E-state index is 11.5. The molecular formula is C26H26N8O3. The van der Waals surface area contributed by atoms with Gasteiger partial charge in [-0.3, -0.25) is 4.79 Å². The van der Waals surface area contributed by atoms with Crippen LogP contribution in [0.1, 0.15) is 12.5 Å². The largest absolute Gasteiger partial charge is 0.508 e. The number of carboxylic acids is 1. The van der Waals surface area contributed by atoms with E-state index in [-0.39, 0.29) is 12.3 Å². The molecule has 11 heteroatoms. The standard InChI is InChI=1S/C26H26N8O3/c1-2-17-4-3-5-21-20(17)14-28-34(21)25-23-24(33(16-27-23)15-22(36)37)29-26(30-25)32-12-10-31(11-13-32)18-6-8-19(35)9-7-18/h3-9,14,16,35H,2,10-13,15H2,1H3,(H,36,37). The number of aromatic nitrogens is 6. The number of aryl methyl sites for hydroxylation is 1. The quantitative estimate of drug-likeness (QED) is 0.363. The van der Waals surface area contributed by atoms with Crippen molar-refractivity contribution in [2.24, 2.45) is 0 Å². The molecule has 188 valence electrons. The highest BCUT2D eigenvalue weighted by molar-refractivity contribution is 5.88. The van der Waals surface area contributed by atoms with Crippen LogP contribution in [-0.4, -0.2) is 71.7 Å². The second-order valence-corrected chi connectivity index (χ2v) is 9.04. The van der Waals surface area contributed by atoms with Crippen molar-refractivity contribution in [3.05, 3.63) is 60.6 Å². The van der Waals surface area contributed by atoms with Gasteiger partial charge in [0.25, 0.3) is 0 Å². The molecule has 1 saturated heterocycles. The van der Waals surface area contributed by atoms with Crippen molar-refractivity contribution in [2.45, 2.75) is 19.9 Å². The summed E-state index contributed by atoms with van der Waals surface area (Å²) >= 11 is 0. The van der Waals surface area contributed by atoms with E-state index in [1.54, 1.807) is 16.8 Å². The highest BCUT2D eigenvalue weighted by Crippen LogP contribution is 2.28. The second-order valence-electron chi connectivity index (χ2n) is 9.04. The number of anilines is 2. The highest BCUT2D eigenvalue weighted by atomic mass is 16.4. The highest BCUT2D eigenvalue weighted by Gasteiger charge is 2.24. The monoisotopic (exact) mass is 498 g/mol. The predicted octanol–water partition coefficient (Wildman–Crippen LogP) is 2.84. The molecule has 0 spiro atoms. The van der Waals surface area contributed by atoms with Crippen LogP contribution in [0, 0.1) is 0 Å². The second kappa shape index (κ2) is 9.08. The Labute approximate surface area is 212 Å². The first kappa shape index (κ1) is 22.8. The molecule has 5 aromatic rings. The van der Waals surface area contributed by atoms with Gasteiger partial charge in [0.15, 0.2) is 17.0 Å². The molecule has 3 aromatic heterocycles. The number of rotatable bonds is 6. The first-order valence-corrected chi connectivity index (χ1v) is 12.2. The van der Waals surface area contributed by atoms with E-state index in [0.717, 1.165) is 36.1 Å². The van der Waals surface area contributed by atoms with Crippen molar-refractivity contribution in [1.29, 1.82) is 0 Å². The Hall–Kier alpha value is -4.67. The Balaban J connectivity index is 1.41. The molecule has 1 aliphatic heterocycles. The average molecular weight is 499 g/mol. The molecule has 6 rings (SSSR count). The van der Waals surface area contributed by atoms with E-state index < -0.39 is 5.97 Å². The number of phenols is 1. The fraction of sp³-hybridized carbons (Fsp3) is 0.269. The van der Waals surface area contributed by atoms with Gasteiger partial charge in [0.2, 0.25) is 5.95 Å². The molecule has 1 fully saturated rings. The Morgan fingerprint density at radius 2 is 1.76 bits per heavy atom. The zero-order chi connectivity index (χ0) is 25.5. The molecule has 0 aliphatic carbocycles. The van der Waals surface area contributed by atoms with Crippen molar-refractivity contribution < 1.29 is 15.0 Å². The lowest BCUT2D eigenvalue weighted by Crippen LogP contribution is -2.47. The Bertz CT molecular complexity index is 1600. The summed E-state index contributed by atoms with van der Waals surface area (Å²) < 4.78 is 3.30. The Morgan fingerprint density at radius 3 is 2.49 bits per heavy atom. The number of aromatic hydroxyl groups is 1. The average Bonchev–Trinajstić information content (AvgIpc) is 3.53. The van der Waals surface area contributed by atoms with Gasteiger partial charge in [-0.1, -0.05) is 19.1 Å². The van der Waals surface area contributed by atoms with Gasteiger partial charge in [0, 0.05) is 37.3 Å². The first-order valence-electron chi connectivity index (χ1n) is 12.2. The van der Waals surface area contributed by atoms with Gasteiger partial charge in [0.05, 0.1) is 18.0 Å². The fourth-order valence-electron chi connectivity index (χ4n) is 4.88. The summed E-state index contributed by atoms with van der Waals surface area (Å²) in [6.45, 7) is 4.72. The molecule has 1 aliphatic rings. The molecule has 0 amide bonds. The number of aliphatic carboxylic acids is 1. The number of imidazole rings is 1. The van der Waals surface area contributed by atoms with Crippen LogP contribution in [0.2, 0.25) is 0 Å². The third-order valence-corrected chi connectivity index (χ3v) is 6.80. The first-order chi connectivity index (χ1) is 18.0. The predicted molar refractivity (Wildman–Crippen MR) is 139 cm³/mol. The van der Waals surface area contributed by atoms with Gasteiger partial charge >= 0.3 is 5.97 Å². The molecule has 11 nitrogen and oxygen atoms in total. The number of hydrogen-bond donors (Lipinski definition) is 2. The molecule has 0 radical (unpaired) electrons. The van der Waals surface area contributed by atoms with E-state index in [1.807, 2.05) is 30.5 Å². The molecule has 0 bridgehead atoms. The van der Waals surface area contributed by atoms with E-state index in [4.69, 9.17) is 9.97 Å². The molecule has 2 aromatic carbocycles. The third kappa shape index (κ3) is 4.07. The number of benzene rings is 2. The SMILES string of the molecule is CCc1cccc2c1cnn2-c1nc(N2CCN(c3ccc(O)cc3)CC2)nc2c1ncn2CC(=O)O. The Kier molecular flexibility index (Phi) is 5.59.